The van der Waals surface area contributed by atoms with Crippen LogP contribution in [0, 0.1) is 0 Å². The molecule has 0 bridgehead atoms. The average Bonchev–Trinajstić information content (AvgIpc) is 2.26. The van der Waals surface area contributed by atoms with Crippen molar-refractivity contribution in [3.05, 3.63) is 22.8 Å². The van der Waals surface area contributed by atoms with E-state index in [2.05, 4.69) is 4.98 Å². The SMILES string of the molecule is COCCCOc1cc(CN)c(Cl)cn1. The lowest BCUT2D eigenvalue weighted by Crippen LogP contribution is -2.04. The molecule has 0 saturated heterocycles. The molecular formula is C10H15ClN2O2. The maximum absolute atomic E-state index is 5.86. The summed E-state index contributed by atoms with van der Waals surface area (Å²) in [5.74, 6) is 0.552. The summed E-state index contributed by atoms with van der Waals surface area (Å²) in [6.45, 7) is 1.64. The van der Waals surface area contributed by atoms with Gasteiger partial charge in [0.05, 0.1) is 11.6 Å². The standard InChI is InChI=1S/C10H15ClN2O2/c1-14-3-2-4-15-10-5-8(6-12)9(11)7-13-10/h5,7H,2-4,6,12H2,1H3. The Labute approximate surface area is 94.3 Å². The first-order valence-corrected chi connectivity index (χ1v) is 5.12. The Hall–Kier alpha value is -0.840. The van der Waals surface area contributed by atoms with Gasteiger partial charge in [0.25, 0.3) is 0 Å². The first-order chi connectivity index (χ1) is 7.27. The van der Waals surface area contributed by atoms with Crippen LogP contribution in [0.4, 0.5) is 0 Å². The minimum absolute atomic E-state index is 0.385. The second-order valence-corrected chi connectivity index (χ2v) is 3.42. The predicted molar refractivity (Wildman–Crippen MR) is 59.1 cm³/mol. The van der Waals surface area contributed by atoms with Crippen molar-refractivity contribution in [3.8, 4) is 5.88 Å². The highest BCUT2D eigenvalue weighted by atomic mass is 35.5. The molecule has 0 amide bonds. The number of aromatic nitrogens is 1. The van der Waals surface area contributed by atoms with Gasteiger partial charge < -0.3 is 15.2 Å². The Kier molecular flexibility index (Phi) is 5.39. The Morgan fingerprint density at radius 3 is 2.93 bits per heavy atom. The Balaban J connectivity index is 2.47. The van der Waals surface area contributed by atoms with Crippen LogP contribution in [0.2, 0.25) is 5.02 Å². The molecule has 0 aromatic carbocycles. The normalized spacial score (nSPS) is 10.3. The van der Waals surface area contributed by atoms with Gasteiger partial charge in [-0.05, 0) is 5.56 Å². The van der Waals surface area contributed by atoms with E-state index in [1.54, 1.807) is 19.4 Å². The molecule has 2 N–H and O–H groups in total. The number of ether oxygens (including phenoxy) is 2. The summed E-state index contributed by atoms with van der Waals surface area (Å²) in [5, 5.41) is 0.571. The zero-order chi connectivity index (χ0) is 11.1. The van der Waals surface area contributed by atoms with Crippen LogP contribution in [0.3, 0.4) is 0 Å². The number of methoxy groups -OCH3 is 1. The molecule has 1 aromatic heterocycles. The van der Waals surface area contributed by atoms with E-state index in [1.165, 1.54) is 0 Å². The van der Waals surface area contributed by atoms with E-state index in [-0.39, 0.29) is 0 Å². The van der Waals surface area contributed by atoms with E-state index in [9.17, 15) is 0 Å². The molecule has 1 aromatic rings. The Morgan fingerprint density at radius 1 is 1.47 bits per heavy atom. The fraction of sp³-hybridized carbons (Fsp3) is 0.500. The van der Waals surface area contributed by atoms with E-state index >= 15 is 0 Å². The van der Waals surface area contributed by atoms with E-state index in [0.717, 1.165) is 12.0 Å². The molecule has 1 heterocycles. The van der Waals surface area contributed by atoms with Crippen molar-refractivity contribution in [1.82, 2.24) is 4.98 Å². The molecule has 0 radical (unpaired) electrons. The smallest absolute Gasteiger partial charge is 0.213 e. The van der Waals surface area contributed by atoms with E-state index < -0.39 is 0 Å². The van der Waals surface area contributed by atoms with Crippen molar-refractivity contribution < 1.29 is 9.47 Å². The maximum atomic E-state index is 5.86. The summed E-state index contributed by atoms with van der Waals surface area (Å²) in [6.07, 6.45) is 2.38. The molecule has 0 saturated carbocycles. The van der Waals surface area contributed by atoms with Crippen LogP contribution < -0.4 is 10.5 Å². The number of nitrogens with two attached hydrogens (primary N) is 1. The molecular weight excluding hydrogens is 216 g/mol. The van der Waals surface area contributed by atoms with E-state index in [1.807, 2.05) is 0 Å². The monoisotopic (exact) mass is 230 g/mol. The molecule has 15 heavy (non-hydrogen) atoms. The van der Waals surface area contributed by atoms with Gasteiger partial charge in [0.15, 0.2) is 0 Å². The van der Waals surface area contributed by atoms with Crippen LogP contribution in [-0.4, -0.2) is 25.3 Å². The molecule has 0 spiro atoms. The van der Waals surface area contributed by atoms with Crippen LogP contribution in [-0.2, 0) is 11.3 Å². The van der Waals surface area contributed by atoms with Crippen LogP contribution in [0.5, 0.6) is 5.88 Å². The number of halogens is 1. The molecule has 0 aliphatic rings. The van der Waals surface area contributed by atoms with Gasteiger partial charge >= 0.3 is 0 Å². The summed E-state index contributed by atoms with van der Waals surface area (Å²) in [7, 11) is 1.66. The molecule has 84 valence electrons. The average molecular weight is 231 g/mol. The van der Waals surface area contributed by atoms with Gasteiger partial charge in [-0.2, -0.15) is 0 Å². The van der Waals surface area contributed by atoms with Crippen molar-refractivity contribution in [2.75, 3.05) is 20.3 Å². The van der Waals surface area contributed by atoms with Crippen LogP contribution in [0.1, 0.15) is 12.0 Å². The molecule has 0 aliphatic carbocycles. The third kappa shape index (κ3) is 4.03. The van der Waals surface area contributed by atoms with Crippen LogP contribution >= 0.6 is 11.6 Å². The fourth-order valence-corrected chi connectivity index (χ4v) is 1.25. The van der Waals surface area contributed by atoms with Gasteiger partial charge in [-0.3, -0.25) is 0 Å². The number of rotatable bonds is 6. The summed E-state index contributed by atoms with van der Waals surface area (Å²) in [5.41, 5.74) is 6.35. The van der Waals surface area contributed by atoms with Crippen molar-refractivity contribution in [2.45, 2.75) is 13.0 Å². The number of hydrogen-bond donors (Lipinski definition) is 1. The molecule has 0 unspecified atom stereocenters. The van der Waals surface area contributed by atoms with Gasteiger partial charge in [0, 0.05) is 38.9 Å². The predicted octanol–water partition coefficient (Wildman–Crippen LogP) is 1.61. The fourth-order valence-electron chi connectivity index (χ4n) is 1.07. The summed E-state index contributed by atoms with van der Waals surface area (Å²) in [4.78, 5) is 4.03. The lowest BCUT2D eigenvalue weighted by molar-refractivity contribution is 0.170. The minimum Gasteiger partial charge on any atom is -0.478 e. The largest absolute Gasteiger partial charge is 0.478 e. The highest BCUT2D eigenvalue weighted by Gasteiger charge is 2.02. The zero-order valence-corrected chi connectivity index (χ0v) is 9.46. The quantitative estimate of drug-likeness (QED) is 0.755. The maximum Gasteiger partial charge on any atom is 0.213 e. The highest BCUT2D eigenvalue weighted by Crippen LogP contribution is 2.18. The molecule has 1 rings (SSSR count). The molecule has 0 aliphatic heterocycles. The lowest BCUT2D eigenvalue weighted by Gasteiger charge is -2.07. The molecule has 4 nitrogen and oxygen atoms in total. The van der Waals surface area contributed by atoms with Crippen molar-refractivity contribution >= 4 is 11.6 Å². The topological polar surface area (TPSA) is 57.4 Å². The van der Waals surface area contributed by atoms with Crippen molar-refractivity contribution in [1.29, 1.82) is 0 Å². The summed E-state index contributed by atoms with van der Waals surface area (Å²) in [6, 6.07) is 1.76. The zero-order valence-electron chi connectivity index (χ0n) is 8.70. The third-order valence-corrected chi connectivity index (χ3v) is 2.21. The first-order valence-electron chi connectivity index (χ1n) is 4.74. The minimum atomic E-state index is 0.385. The Bertz CT molecular complexity index is 307. The number of nitrogens with zero attached hydrogens (tertiary/aromatic N) is 1. The van der Waals surface area contributed by atoms with Crippen LogP contribution in [0.15, 0.2) is 12.3 Å². The van der Waals surface area contributed by atoms with Crippen molar-refractivity contribution in [3.63, 3.8) is 0 Å². The first kappa shape index (κ1) is 12.2. The van der Waals surface area contributed by atoms with Crippen LogP contribution in [0.25, 0.3) is 0 Å². The lowest BCUT2D eigenvalue weighted by atomic mass is 10.3. The van der Waals surface area contributed by atoms with Gasteiger partial charge in [0.1, 0.15) is 0 Å². The van der Waals surface area contributed by atoms with E-state index in [4.69, 9.17) is 26.8 Å². The summed E-state index contributed by atoms with van der Waals surface area (Å²) < 4.78 is 10.3. The number of hydrogen-bond acceptors (Lipinski definition) is 4. The second kappa shape index (κ2) is 6.61. The molecule has 0 atom stereocenters. The van der Waals surface area contributed by atoms with Gasteiger partial charge in [-0.1, -0.05) is 11.6 Å². The Morgan fingerprint density at radius 2 is 2.27 bits per heavy atom. The molecule has 5 heteroatoms. The number of pyridine rings is 1. The second-order valence-electron chi connectivity index (χ2n) is 3.01. The molecule has 0 fully saturated rings. The van der Waals surface area contributed by atoms with Gasteiger partial charge in [-0.25, -0.2) is 4.98 Å². The van der Waals surface area contributed by atoms with Gasteiger partial charge in [-0.15, -0.1) is 0 Å². The highest BCUT2D eigenvalue weighted by molar-refractivity contribution is 6.31. The van der Waals surface area contributed by atoms with Gasteiger partial charge in [0.2, 0.25) is 5.88 Å². The van der Waals surface area contributed by atoms with E-state index in [0.29, 0.717) is 30.7 Å². The summed E-state index contributed by atoms with van der Waals surface area (Å²) >= 11 is 5.86. The third-order valence-electron chi connectivity index (χ3n) is 1.87. The van der Waals surface area contributed by atoms with Crippen molar-refractivity contribution in [2.24, 2.45) is 5.73 Å².